The molecule has 88 valence electrons. The van der Waals surface area contributed by atoms with E-state index in [1.165, 1.54) is 16.8 Å². The fourth-order valence-corrected chi connectivity index (χ4v) is 2.06. The normalized spacial score (nSPS) is 10.5. The topological polar surface area (TPSA) is 42.2 Å². The number of benzene rings is 1. The summed E-state index contributed by atoms with van der Waals surface area (Å²) in [5.41, 5.74) is 0.502. The Morgan fingerprint density at radius 2 is 1.94 bits per heavy atom. The van der Waals surface area contributed by atoms with Crippen molar-refractivity contribution in [1.82, 2.24) is 4.57 Å². The van der Waals surface area contributed by atoms with Gasteiger partial charge < -0.3 is 9.67 Å². The molecule has 1 N–H and O–H groups in total. The summed E-state index contributed by atoms with van der Waals surface area (Å²) < 4.78 is 1.39. The van der Waals surface area contributed by atoms with Crippen LogP contribution in [0.3, 0.4) is 0 Å². The lowest BCUT2D eigenvalue weighted by molar-refractivity contribution is 0.0688. The molecular weight excluding hydrogens is 284 g/mol. The van der Waals surface area contributed by atoms with Crippen LogP contribution < -0.4 is 0 Å². The van der Waals surface area contributed by atoms with Gasteiger partial charge in [-0.25, -0.2) is 4.79 Å². The van der Waals surface area contributed by atoms with Gasteiger partial charge >= 0.3 is 5.97 Å². The Morgan fingerprint density at radius 1 is 1.24 bits per heavy atom. The van der Waals surface area contributed by atoms with Gasteiger partial charge in [-0.05, 0) is 18.2 Å². The van der Waals surface area contributed by atoms with Gasteiger partial charge in [-0.2, -0.15) is 0 Å². The minimum Gasteiger partial charge on any atom is -0.477 e. The van der Waals surface area contributed by atoms with Crippen LogP contribution in [0.2, 0.25) is 15.1 Å². The number of aromatic nitrogens is 1. The Morgan fingerprint density at radius 3 is 2.59 bits per heavy atom. The van der Waals surface area contributed by atoms with E-state index in [1.807, 2.05) is 0 Å². The Balaban J connectivity index is 2.68. The molecular formula is C11H6Cl3NO2. The third-order valence-electron chi connectivity index (χ3n) is 2.20. The first kappa shape index (κ1) is 12.3. The lowest BCUT2D eigenvalue weighted by Crippen LogP contribution is -2.06. The van der Waals surface area contributed by atoms with Crippen molar-refractivity contribution in [3.05, 3.63) is 51.2 Å². The zero-order valence-corrected chi connectivity index (χ0v) is 10.6. The zero-order chi connectivity index (χ0) is 12.6. The Bertz CT molecular complexity index is 592. The molecule has 0 saturated carbocycles. The van der Waals surface area contributed by atoms with Crippen molar-refractivity contribution in [2.75, 3.05) is 0 Å². The summed E-state index contributed by atoms with van der Waals surface area (Å²) in [6, 6.07) is 6.32. The number of carbonyl (C=O) groups is 1. The van der Waals surface area contributed by atoms with Gasteiger partial charge in [0.15, 0.2) is 0 Å². The highest BCUT2D eigenvalue weighted by Crippen LogP contribution is 2.30. The molecule has 17 heavy (non-hydrogen) atoms. The number of rotatable bonds is 2. The largest absolute Gasteiger partial charge is 0.477 e. The lowest BCUT2D eigenvalue weighted by Gasteiger charge is -2.09. The molecule has 0 aliphatic heterocycles. The summed E-state index contributed by atoms with van der Waals surface area (Å²) in [4.78, 5) is 11.0. The fraction of sp³-hybridized carbons (Fsp3) is 0. The van der Waals surface area contributed by atoms with Crippen molar-refractivity contribution in [1.29, 1.82) is 0 Å². The van der Waals surface area contributed by atoms with Crippen LogP contribution >= 0.6 is 34.8 Å². The summed E-state index contributed by atoms with van der Waals surface area (Å²) in [5.74, 6) is -1.09. The minimum absolute atomic E-state index is 0.0270. The van der Waals surface area contributed by atoms with Gasteiger partial charge in [-0.15, -0.1) is 0 Å². The second-order valence-corrected chi connectivity index (χ2v) is 4.51. The number of halogens is 3. The second-order valence-electron chi connectivity index (χ2n) is 3.29. The molecule has 0 radical (unpaired) electrons. The van der Waals surface area contributed by atoms with Gasteiger partial charge in [0, 0.05) is 6.20 Å². The smallest absolute Gasteiger partial charge is 0.352 e. The number of nitrogens with zero attached hydrogens (tertiary/aromatic N) is 1. The number of carboxylic acid groups (broad SMARTS) is 1. The molecule has 1 aromatic carbocycles. The van der Waals surface area contributed by atoms with E-state index in [2.05, 4.69) is 0 Å². The maximum Gasteiger partial charge on any atom is 0.352 e. The molecule has 0 aliphatic rings. The highest BCUT2D eigenvalue weighted by atomic mass is 35.5. The molecule has 2 rings (SSSR count). The minimum atomic E-state index is -1.09. The number of hydrogen-bond acceptors (Lipinski definition) is 1. The van der Waals surface area contributed by atoms with Gasteiger partial charge in [0.05, 0.1) is 20.8 Å². The van der Waals surface area contributed by atoms with E-state index < -0.39 is 5.97 Å². The standard InChI is InChI=1S/C11H6Cl3NO2/c12-6-4-9(11(16)17)15(5-6)8-3-1-2-7(13)10(8)14/h1-5H,(H,16,17). The number of aromatic carboxylic acids is 1. The summed E-state index contributed by atoms with van der Waals surface area (Å²) in [6.45, 7) is 0. The predicted molar refractivity (Wildman–Crippen MR) is 67.8 cm³/mol. The van der Waals surface area contributed by atoms with Crippen molar-refractivity contribution in [2.24, 2.45) is 0 Å². The molecule has 0 atom stereocenters. The molecule has 0 aliphatic carbocycles. The highest BCUT2D eigenvalue weighted by Gasteiger charge is 2.15. The maximum atomic E-state index is 11.0. The maximum absolute atomic E-state index is 11.0. The third kappa shape index (κ3) is 2.27. The van der Waals surface area contributed by atoms with Crippen LogP contribution in [0.5, 0.6) is 0 Å². The van der Waals surface area contributed by atoms with Crippen molar-refractivity contribution in [3.63, 3.8) is 0 Å². The van der Waals surface area contributed by atoms with E-state index >= 15 is 0 Å². The summed E-state index contributed by atoms with van der Waals surface area (Å²) >= 11 is 17.7. The fourth-order valence-electron chi connectivity index (χ4n) is 1.47. The van der Waals surface area contributed by atoms with Crippen molar-refractivity contribution in [3.8, 4) is 5.69 Å². The van der Waals surface area contributed by atoms with E-state index in [9.17, 15) is 4.79 Å². The predicted octanol–water partition coefficient (Wildman–Crippen LogP) is 4.14. The van der Waals surface area contributed by atoms with Crippen LogP contribution in [0.4, 0.5) is 0 Å². The molecule has 0 unspecified atom stereocenters. The Kier molecular flexibility index (Phi) is 3.33. The zero-order valence-electron chi connectivity index (χ0n) is 8.32. The first-order valence-electron chi connectivity index (χ1n) is 4.56. The summed E-state index contributed by atoms with van der Waals surface area (Å²) in [7, 11) is 0. The first-order valence-corrected chi connectivity index (χ1v) is 5.69. The lowest BCUT2D eigenvalue weighted by atomic mass is 10.3. The number of hydrogen-bond donors (Lipinski definition) is 1. The van der Waals surface area contributed by atoms with Crippen LogP contribution in [0.15, 0.2) is 30.5 Å². The average Bonchev–Trinajstić information content (AvgIpc) is 2.64. The SMILES string of the molecule is O=C(O)c1cc(Cl)cn1-c1cccc(Cl)c1Cl. The van der Waals surface area contributed by atoms with Crippen molar-refractivity contribution in [2.45, 2.75) is 0 Å². The molecule has 0 spiro atoms. The monoisotopic (exact) mass is 289 g/mol. The van der Waals surface area contributed by atoms with Crippen molar-refractivity contribution < 1.29 is 9.90 Å². The van der Waals surface area contributed by atoms with Crippen LogP contribution in [0.25, 0.3) is 5.69 Å². The molecule has 0 amide bonds. The average molecular weight is 291 g/mol. The van der Waals surface area contributed by atoms with Crippen LogP contribution in [0, 0.1) is 0 Å². The number of carboxylic acids is 1. The third-order valence-corrected chi connectivity index (χ3v) is 3.21. The van der Waals surface area contributed by atoms with Gasteiger partial charge in [-0.3, -0.25) is 0 Å². The van der Waals surface area contributed by atoms with Gasteiger partial charge in [0.2, 0.25) is 0 Å². The van der Waals surface area contributed by atoms with Gasteiger partial charge in [0.1, 0.15) is 5.69 Å². The molecule has 0 saturated heterocycles. The van der Waals surface area contributed by atoms with E-state index in [0.29, 0.717) is 15.7 Å². The van der Waals surface area contributed by atoms with Crippen LogP contribution in [0.1, 0.15) is 10.5 Å². The molecule has 3 nitrogen and oxygen atoms in total. The second kappa shape index (κ2) is 4.61. The Hall–Kier alpha value is -1.16. The van der Waals surface area contributed by atoms with E-state index in [0.717, 1.165) is 0 Å². The summed E-state index contributed by atoms with van der Waals surface area (Å²) in [5, 5.41) is 10.00. The molecule has 0 bridgehead atoms. The summed E-state index contributed by atoms with van der Waals surface area (Å²) in [6.07, 6.45) is 1.47. The molecule has 1 aromatic heterocycles. The molecule has 2 aromatic rings. The molecule has 6 heteroatoms. The molecule has 1 heterocycles. The molecule has 0 fully saturated rings. The van der Waals surface area contributed by atoms with Gasteiger partial charge in [-0.1, -0.05) is 40.9 Å². The van der Waals surface area contributed by atoms with E-state index in [-0.39, 0.29) is 10.7 Å². The van der Waals surface area contributed by atoms with E-state index in [1.54, 1.807) is 18.2 Å². The van der Waals surface area contributed by atoms with Gasteiger partial charge in [0.25, 0.3) is 0 Å². The Labute approximate surface area is 112 Å². The van der Waals surface area contributed by atoms with Crippen molar-refractivity contribution >= 4 is 40.8 Å². The first-order chi connectivity index (χ1) is 8.00. The quantitative estimate of drug-likeness (QED) is 0.903. The van der Waals surface area contributed by atoms with E-state index in [4.69, 9.17) is 39.9 Å². The van der Waals surface area contributed by atoms with Crippen LogP contribution in [-0.4, -0.2) is 15.6 Å². The highest BCUT2D eigenvalue weighted by molar-refractivity contribution is 6.43. The van der Waals surface area contributed by atoms with Crippen LogP contribution in [-0.2, 0) is 0 Å².